The number of hydrogen-bond donors (Lipinski definition) is 2. The molecule has 0 bridgehead atoms. The highest BCUT2D eigenvalue weighted by Crippen LogP contribution is 2.22. The van der Waals surface area contributed by atoms with E-state index in [4.69, 9.17) is 0 Å². The molecular formula is C23H21N3OS. The van der Waals surface area contributed by atoms with E-state index in [1.54, 1.807) is 11.8 Å². The molecule has 0 saturated heterocycles. The number of rotatable bonds is 6. The second kappa shape index (κ2) is 8.31. The zero-order valence-electron chi connectivity index (χ0n) is 15.6. The summed E-state index contributed by atoms with van der Waals surface area (Å²) in [6.45, 7) is 2.13. The number of carbonyl (C=O) groups is 1. The van der Waals surface area contributed by atoms with E-state index in [0.29, 0.717) is 6.42 Å². The summed E-state index contributed by atoms with van der Waals surface area (Å²) in [5, 5.41) is 2.96. The first kappa shape index (κ1) is 18.3. The Morgan fingerprint density at radius 3 is 2.46 bits per heavy atom. The third kappa shape index (κ3) is 4.26. The van der Waals surface area contributed by atoms with Crippen LogP contribution in [0.3, 0.4) is 0 Å². The smallest absolute Gasteiger partial charge is 0.228 e. The van der Waals surface area contributed by atoms with E-state index in [1.165, 1.54) is 4.90 Å². The van der Waals surface area contributed by atoms with Crippen molar-refractivity contribution in [3.05, 3.63) is 78.4 Å². The van der Waals surface area contributed by atoms with Crippen molar-refractivity contribution >= 4 is 34.4 Å². The van der Waals surface area contributed by atoms with Crippen LogP contribution in [0.1, 0.15) is 12.5 Å². The van der Waals surface area contributed by atoms with Gasteiger partial charge in [0.15, 0.2) is 0 Å². The second-order valence-corrected chi connectivity index (χ2v) is 7.82. The molecule has 0 atom stereocenters. The SMILES string of the molecule is CCSc1ccc(CC(=O)Nc2ccc(-c3nc4ccccc4[nH]3)cc2)cc1. The number of aromatic amines is 1. The van der Waals surface area contributed by atoms with Gasteiger partial charge in [-0.1, -0.05) is 31.2 Å². The molecule has 4 aromatic rings. The lowest BCUT2D eigenvalue weighted by Crippen LogP contribution is -2.14. The summed E-state index contributed by atoms with van der Waals surface area (Å²) in [6.07, 6.45) is 0.363. The standard InChI is InChI=1S/C23H21N3OS/c1-2-28-19-13-7-16(8-14-19)15-22(27)24-18-11-9-17(10-12-18)23-25-20-5-3-4-6-21(20)26-23/h3-14H,2,15H2,1H3,(H,24,27)(H,25,26). The molecule has 1 aromatic heterocycles. The Bertz CT molecular complexity index is 1050. The predicted molar refractivity (Wildman–Crippen MR) is 117 cm³/mol. The van der Waals surface area contributed by atoms with Crippen molar-refractivity contribution in [2.24, 2.45) is 0 Å². The number of fused-ring (bicyclic) bond motifs is 1. The summed E-state index contributed by atoms with van der Waals surface area (Å²) in [7, 11) is 0. The van der Waals surface area contributed by atoms with Gasteiger partial charge in [0.2, 0.25) is 5.91 Å². The van der Waals surface area contributed by atoms with Gasteiger partial charge in [-0.3, -0.25) is 4.79 Å². The van der Waals surface area contributed by atoms with Crippen molar-refractivity contribution in [3.63, 3.8) is 0 Å². The van der Waals surface area contributed by atoms with Crippen LogP contribution in [-0.4, -0.2) is 21.6 Å². The number of nitrogens with one attached hydrogen (secondary N) is 2. The molecule has 0 spiro atoms. The molecule has 0 aliphatic heterocycles. The molecule has 4 nitrogen and oxygen atoms in total. The molecule has 140 valence electrons. The van der Waals surface area contributed by atoms with Gasteiger partial charge in [0.25, 0.3) is 0 Å². The number of imidazole rings is 1. The largest absolute Gasteiger partial charge is 0.338 e. The summed E-state index contributed by atoms with van der Waals surface area (Å²) >= 11 is 1.80. The molecule has 0 saturated carbocycles. The van der Waals surface area contributed by atoms with Crippen molar-refractivity contribution in [1.82, 2.24) is 9.97 Å². The first-order valence-electron chi connectivity index (χ1n) is 9.28. The lowest BCUT2D eigenvalue weighted by molar-refractivity contribution is -0.115. The Hall–Kier alpha value is -3.05. The Labute approximate surface area is 168 Å². The topological polar surface area (TPSA) is 57.8 Å². The zero-order chi connectivity index (χ0) is 19.3. The highest BCUT2D eigenvalue weighted by atomic mass is 32.2. The number of para-hydroxylation sites is 2. The predicted octanol–water partition coefficient (Wildman–Crippen LogP) is 5.52. The van der Waals surface area contributed by atoms with Crippen LogP contribution in [0.25, 0.3) is 22.4 Å². The van der Waals surface area contributed by atoms with Crippen molar-refractivity contribution in [1.29, 1.82) is 0 Å². The molecular weight excluding hydrogens is 366 g/mol. The zero-order valence-corrected chi connectivity index (χ0v) is 16.4. The molecule has 0 aliphatic carbocycles. The number of hydrogen-bond acceptors (Lipinski definition) is 3. The molecule has 3 aromatic carbocycles. The number of amides is 1. The fraction of sp³-hybridized carbons (Fsp3) is 0.130. The van der Waals surface area contributed by atoms with Gasteiger partial charge in [-0.25, -0.2) is 4.98 Å². The maximum absolute atomic E-state index is 12.3. The summed E-state index contributed by atoms with van der Waals surface area (Å²) < 4.78 is 0. The molecule has 2 N–H and O–H groups in total. The molecule has 0 fully saturated rings. The van der Waals surface area contributed by atoms with Crippen molar-refractivity contribution < 1.29 is 4.79 Å². The van der Waals surface area contributed by atoms with Gasteiger partial charge >= 0.3 is 0 Å². The van der Waals surface area contributed by atoms with Crippen molar-refractivity contribution in [2.75, 3.05) is 11.1 Å². The van der Waals surface area contributed by atoms with E-state index in [2.05, 4.69) is 34.3 Å². The number of anilines is 1. The fourth-order valence-electron chi connectivity index (χ4n) is 3.06. The van der Waals surface area contributed by atoms with Gasteiger partial charge < -0.3 is 10.3 Å². The van der Waals surface area contributed by atoms with Gasteiger partial charge in [-0.05, 0) is 59.8 Å². The number of aromatic nitrogens is 2. The third-order valence-corrected chi connectivity index (χ3v) is 5.32. The number of thioether (sulfide) groups is 1. The minimum Gasteiger partial charge on any atom is -0.338 e. The van der Waals surface area contributed by atoms with Crippen LogP contribution in [0.5, 0.6) is 0 Å². The van der Waals surface area contributed by atoms with Crippen LogP contribution >= 0.6 is 11.8 Å². The highest BCUT2D eigenvalue weighted by molar-refractivity contribution is 7.99. The van der Waals surface area contributed by atoms with Crippen LogP contribution in [0.4, 0.5) is 5.69 Å². The van der Waals surface area contributed by atoms with E-state index in [1.807, 2.05) is 60.7 Å². The van der Waals surface area contributed by atoms with Gasteiger partial charge in [0.05, 0.1) is 17.5 Å². The Balaban J connectivity index is 1.40. The molecule has 1 heterocycles. The van der Waals surface area contributed by atoms with Gasteiger partial charge in [0, 0.05) is 16.1 Å². The molecule has 4 rings (SSSR count). The van der Waals surface area contributed by atoms with Crippen LogP contribution in [0.2, 0.25) is 0 Å². The van der Waals surface area contributed by atoms with E-state index < -0.39 is 0 Å². The number of nitrogens with zero attached hydrogens (tertiary/aromatic N) is 1. The lowest BCUT2D eigenvalue weighted by Gasteiger charge is -2.07. The number of benzene rings is 3. The Kier molecular flexibility index (Phi) is 5.44. The normalized spacial score (nSPS) is 10.9. The summed E-state index contributed by atoms with van der Waals surface area (Å²) in [6, 6.07) is 23.9. The molecule has 5 heteroatoms. The molecule has 0 aliphatic rings. The third-order valence-electron chi connectivity index (χ3n) is 4.43. The van der Waals surface area contributed by atoms with Crippen LogP contribution in [-0.2, 0) is 11.2 Å². The van der Waals surface area contributed by atoms with Crippen LogP contribution in [0, 0.1) is 0 Å². The first-order valence-corrected chi connectivity index (χ1v) is 10.3. The van der Waals surface area contributed by atoms with Crippen molar-refractivity contribution in [3.8, 4) is 11.4 Å². The number of H-pyrrole nitrogens is 1. The number of carbonyl (C=O) groups excluding carboxylic acids is 1. The second-order valence-electron chi connectivity index (χ2n) is 6.48. The summed E-state index contributed by atoms with van der Waals surface area (Å²) in [5.41, 5.74) is 4.73. The molecule has 28 heavy (non-hydrogen) atoms. The minimum atomic E-state index is -0.0209. The quantitative estimate of drug-likeness (QED) is 0.428. The monoisotopic (exact) mass is 387 g/mol. The van der Waals surface area contributed by atoms with Gasteiger partial charge in [-0.15, -0.1) is 11.8 Å². The van der Waals surface area contributed by atoms with Gasteiger partial charge in [-0.2, -0.15) is 0 Å². The van der Waals surface area contributed by atoms with E-state index >= 15 is 0 Å². The lowest BCUT2D eigenvalue weighted by atomic mass is 10.1. The fourth-order valence-corrected chi connectivity index (χ4v) is 3.72. The van der Waals surface area contributed by atoms with Crippen LogP contribution < -0.4 is 5.32 Å². The average molecular weight is 388 g/mol. The maximum atomic E-state index is 12.3. The summed E-state index contributed by atoms with van der Waals surface area (Å²) in [5.74, 6) is 1.85. The van der Waals surface area contributed by atoms with Crippen LogP contribution in [0.15, 0.2) is 77.7 Å². The minimum absolute atomic E-state index is 0.0209. The van der Waals surface area contributed by atoms with Gasteiger partial charge in [0.1, 0.15) is 5.82 Å². The first-order chi connectivity index (χ1) is 13.7. The van der Waals surface area contributed by atoms with E-state index in [9.17, 15) is 4.79 Å². The summed E-state index contributed by atoms with van der Waals surface area (Å²) in [4.78, 5) is 21.5. The Morgan fingerprint density at radius 2 is 1.75 bits per heavy atom. The molecule has 1 amide bonds. The molecule has 0 radical (unpaired) electrons. The highest BCUT2D eigenvalue weighted by Gasteiger charge is 2.07. The van der Waals surface area contributed by atoms with E-state index in [-0.39, 0.29) is 5.91 Å². The van der Waals surface area contributed by atoms with Crippen molar-refractivity contribution in [2.45, 2.75) is 18.2 Å². The van der Waals surface area contributed by atoms with E-state index in [0.717, 1.165) is 39.4 Å². The maximum Gasteiger partial charge on any atom is 0.228 e. The molecule has 0 unspecified atom stereocenters. The Morgan fingerprint density at radius 1 is 1.00 bits per heavy atom. The average Bonchev–Trinajstić information content (AvgIpc) is 3.14.